The summed E-state index contributed by atoms with van der Waals surface area (Å²) in [6.07, 6.45) is 0.764. The topological polar surface area (TPSA) is 66.5 Å². The molecule has 0 fully saturated rings. The molecular weight excluding hydrogens is 360 g/mol. The zero-order chi connectivity index (χ0) is 18.8. The Bertz CT molecular complexity index is 909. The van der Waals surface area contributed by atoms with Crippen LogP contribution in [0.1, 0.15) is 28.4 Å². The summed E-state index contributed by atoms with van der Waals surface area (Å²) in [7, 11) is -0.779. The van der Waals surface area contributed by atoms with Crippen LogP contribution in [0.5, 0.6) is 0 Å². The second-order valence-corrected chi connectivity index (χ2v) is 8.40. The van der Waals surface area contributed by atoms with E-state index in [9.17, 15) is 13.2 Å². The smallest absolute Gasteiger partial charge is 0.257 e. The fraction of sp³-hybridized carbons (Fsp3) is 0.278. The molecule has 2 aromatic rings. The molecule has 0 saturated carbocycles. The first-order chi connectivity index (χ1) is 11.7. The van der Waals surface area contributed by atoms with Gasteiger partial charge in [-0.1, -0.05) is 36.7 Å². The monoisotopic (exact) mass is 380 g/mol. The zero-order valence-corrected chi connectivity index (χ0v) is 16.2. The third-order valence-corrected chi connectivity index (χ3v) is 6.08. The van der Waals surface area contributed by atoms with Crippen molar-refractivity contribution in [2.45, 2.75) is 25.2 Å². The number of rotatable bonds is 5. The van der Waals surface area contributed by atoms with Gasteiger partial charge in [0.25, 0.3) is 5.91 Å². The highest BCUT2D eigenvalue weighted by Crippen LogP contribution is 2.26. The molecular formula is C18H21ClN2O3S. The molecule has 0 aromatic heterocycles. The normalized spacial score (nSPS) is 11.6. The van der Waals surface area contributed by atoms with E-state index in [1.807, 2.05) is 32.0 Å². The lowest BCUT2D eigenvalue weighted by Gasteiger charge is -2.15. The zero-order valence-electron chi connectivity index (χ0n) is 14.6. The lowest BCUT2D eigenvalue weighted by Crippen LogP contribution is -2.23. The van der Waals surface area contributed by atoms with Gasteiger partial charge in [-0.3, -0.25) is 4.79 Å². The molecule has 5 nitrogen and oxygen atoms in total. The van der Waals surface area contributed by atoms with Crippen LogP contribution in [0, 0.1) is 6.92 Å². The predicted octanol–water partition coefficient (Wildman–Crippen LogP) is 3.71. The molecule has 0 spiro atoms. The van der Waals surface area contributed by atoms with E-state index in [1.54, 1.807) is 0 Å². The molecule has 2 rings (SSSR count). The first kappa shape index (κ1) is 19.4. The van der Waals surface area contributed by atoms with Crippen molar-refractivity contribution in [2.24, 2.45) is 0 Å². The molecule has 134 valence electrons. The number of nitrogens with zero attached hydrogens (tertiary/aromatic N) is 1. The van der Waals surface area contributed by atoms with E-state index in [2.05, 4.69) is 5.32 Å². The maximum absolute atomic E-state index is 12.7. The number of para-hydroxylation sites is 1. The highest BCUT2D eigenvalue weighted by molar-refractivity contribution is 7.89. The lowest BCUT2D eigenvalue weighted by atomic mass is 10.1. The van der Waals surface area contributed by atoms with Gasteiger partial charge in [0.2, 0.25) is 10.0 Å². The molecule has 2 aromatic carbocycles. The van der Waals surface area contributed by atoms with Crippen LogP contribution in [0.15, 0.2) is 41.3 Å². The Morgan fingerprint density at radius 2 is 1.88 bits per heavy atom. The summed E-state index contributed by atoms with van der Waals surface area (Å²) in [5.41, 5.74) is 2.78. The second-order valence-electron chi connectivity index (χ2n) is 5.85. The highest BCUT2D eigenvalue weighted by atomic mass is 35.5. The fourth-order valence-corrected chi connectivity index (χ4v) is 3.56. The Kier molecular flexibility index (Phi) is 5.87. The van der Waals surface area contributed by atoms with Gasteiger partial charge in [-0.05, 0) is 42.7 Å². The molecule has 0 atom stereocenters. The molecule has 0 aliphatic rings. The van der Waals surface area contributed by atoms with Crippen LogP contribution in [-0.2, 0) is 16.4 Å². The van der Waals surface area contributed by atoms with Crippen LogP contribution in [-0.4, -0.2) is 32.7 Å². The van der Waals surface area contributed by atoms with Crippen molar-refractivity contribution in [3.05, 3.63) is 58.1 Å². The molecule has 0 bridgehead atoms. The molecule has 7 heteroatoms. The number of carbonyl (C=O) groups is 1. The maximum atomic E-state index is 12.7. The predicted molar refractivity (Wildman–Crippen MR) is 101 cm³/mol. The largest absolute Gasteiger partial charge is 0.321 e. The summed E-state index contributed by atoms with van der Waals surface area (Å²) in [5.74, 6) is -0.440. The quantitative estimate of drug-likeness (QED) is 0.859. The van der Waals surface area contributed by atoms with Crippen molar-refractivity contribution in [2.75, 3.05) is 19.4 Å². The van der Waals surface area contributed by atoms with Crippen LogP contribution < -0.4 is 5.32 Å². The first-order valence-electron chi connectivity index (χ1n) is 7.80. The van der Waals surface area contributed by atoms with E-state index < -0.39 is 15.9 Å². The van der Waals surface area contributed by atoms with Gasteiger partial charge in [-0.25, -0.2) is 12.7 Å². The molecule has 0 aliphatic heterocycles. The van der Waals surface area contributed by atoms with E-state index in [0.29, 0.717) is 0 Å². The van der Waals surface area contributed by atoms with Crippen LogP contribution in [0.2, 0.25) is 5.02 Å². The molecule has 25 heavy (non-hydrogen) atoms. The number of halogens is 1. The van der Waals surface area contributed by atoms with Crippen molar-refractivity contribution in [1.29, 1.82) is 0 Å². The van der Waals surface area contributed by atoms with Gasteiger partial charge in [0, 0.05) is 19.8 Å². The van der Waals surface area contributed by atoms with E-state index in [-0.39, 0.29) is 15.5 Å². The van der Waals surface area contributed by atoms with E-state index in [0.717, 1.165) is 27.5 Å². The Labute approximate surface area is 153 Å². The fourth-order valence-electron chi connectivity index (χ4n) is 2.43. The average Bonchev–Trinajstić information content (AvgIpc) is 2.56. The van der Waals surface area contributed by atoms with Crippen LogP contribution >= 0.6 is 11.6 Å². The van der Waals surface area contributed by atoms with Crippen molar-refractivity contribution < 1.29 is 13.2 Å². The minimum atomic E-state index is -3.65. The Morgan fingerprint density at radius 1 is 1.20 bits per heavy atom. The Hall–Kier alpha value is -1.89. The van der Waals surface area contributed by atoms with Crippen molar-refractivity contribution >= 4 is 33.2 Å². The second kappa shape index (κ2) is 7.56. The van der Waals surface area contributed by atoms with Gasteiger partial charge in [0.05, 0.1) is 15.5 Å². The van der Waals surface area contributed by atoms with Gasteiger partial charge < -0.3 is 5.32 Å². The SMILES string of the molecule is CCc1cccc(C)c1NC(=O)c1cc(S(=O)(=O)N(C)C)ccc1Cl. The molecule has 1 N–H and O–H groups in total. The molecule has 1 amide bonds. The number of aryl methyl sites for hydroxylation is 2. The van der Waals surface area contributed by atoms with Gasteiger partial charge in [-0.15, -0.1) is 0 Å². The van der Waals surface area contributed by atoms with Gasteiger partial charge in [0.15, 0.2) is 0 Å². The van der Waals surface area contributed by atoms with Crippen LogP contribution in [0.25, 0.3) is 0 Å². The van der Waals surface area contributed by atoms with E-state index >= 15 is 0 Å². The third-order valence-electron chi connectivity index (χ3n) is 3.94. The number of benzene rings is 2. The summed E-state index contributed by atoms with van der Waals surface area (Å²) < 4.78 is 25.7. The maximum Gasteiger partial charge on any atom is 0.257 e. The average molecular weight is 381 g/mol. The number of nitrogens with one attached hydrogen (secondary N) is 1. The Morgan fingerprint density at radius 3 is 2.48 bits per heavy atom. The number of hydrogen-bond acceptors (Lipinski definition) is 3. The highest BCUT2D eigenvalue weighted by Gasteiger charge is 2.21. The summed E-state index contributed by atoms with van der Waals surface area (Å²) in [6.45, 7) is 3.91. The summed E-state index contributed by atoms with van der Waals surface area (Å²) >= 11 is 6.13. The number of amides is 1. The van der Waals surface area contributed by atoms with Gasteiger partial charge in [-0.2, -0.15) is 0 Å². The molecule has 0 radical (unpaired) electrons. The molecule has 0 saturated heterocycles. The van der Waals surface area contributed by atoms with Crippen LogP contribution in [0.3, 0.4) is 0 Å². The number of hydrogen-bond donors (Lipinski definition) is 1. The van der Waals surface area contributed by atoms with Crippen molar-refractivity contribution in [3.63, 3.8) is 0 Å². The minimum Gasteiger partial charge on any atom is -0.321 e. The third kappa shape index (κ3) is 4.03. The summed E-state index contributed by atoms with van der Waals surface area (Å²) in [5, 5.41) is 3.06. The number of anilines is 1. The summed E-state index contributed by atoms with van der Waals surface area (Å²) in [6, 6.07) is 9.89. The van der Waals surface area contributed by atoms with E-state index in [4.69, 9.17) is 11.6 Å². The van der Waals surface area contributed by atoms with Crippen LogP contribution in [0.4, 0.5) is 5.69 Å². The Balaban J connectivity index is 2.44. The minimum absolute atomic E-state index is 0.0209. The summed E-state index contributed by atoms with van der Waals surface area (Å²) in [4.78, 5) is 12.7. The lowest BCUT2D eigenvalue weighted by molar-refractivity contribution is 0.102. The van der Waals surface area contributed by atoms with E-state index in [1.165, 1.54) is 32.3 Å². The van der Waals surface area contributed by atoms with Crippen molar-refractivity contribution in [3.8, 4) is 0 Å². The number of sulfonamides is 1. The van der Waals surface area contributed by atoms with Crippen molar-refractivity contribution in [1.82, 2.24) is 4.31 Å². The van der Waals surface area contributed by atoms with Gasteiger partial charge in [0.1, 0.15) is 0 Å². The standard InChI is InChI=1S/C18H21ClN2O3S/c1-5-13-8-6-7-12(2)17(13)20-18(22)15-11-14(9-10-16(15)19)25(23,24)21(3)4/h6-11H,5H2,1-4H3,(H,20,22). The molecule has 0 aliphatic carbocycles. The molecule has 0 heterocycles. The van der Waals surface area contributed by atoms with Gasteiger partial charge >= 0.3 is 0 Å². The number of carbonyl (C=O) groups excluding carboxylic acids is 1. The molecule has 0 unspecified atom stereocenters. The first-order valence-corrected chi connectivity index (χ1v) is 9.62.